The lowest BCUT2D eigenvalue weighted by molar-refractivity contribution is -0.137. The van der Waals surface area contributed by atoms with Gasteiger partial charge in [0.1, 0.15) is 13.2 Å². The molecule has 1 unspecified atom stereocenters. The lowest BCUT2D eigenvalue weighted by Crippen LogP contribution is -2.29. The molecule has 1 atom stereocenters. The van der Waals surface area contributed by atoms with E-state index in [2.05, 4.69) is 27.9 Å². The number of hydrogen-bond donors (Lipinski definition) is 2. The van der Waals surface area contributed by atoms with Crippen LogP contribution < -0.4 is 5.32 Å². The van der Waals surface area contributed by atoms with Crippen LogP contribution >= 0.6 is 0 Å². The quantitative estimate of drug-likeness (QED) is 0.198. The average Bonchev–Trinajstić information content (AvgIpc) is 2.38. The number of alkyl carbamates (subject to hydrolysis) is 1. The van der Waals surface area contributed by atoms with E-state index in [0.717, 1.165) is 6.08 Å². The molecule has 0 rings (SSSR count). The Balaban J connectivity index is 3.40. The van der Waals surface area contributed by atoms with Crippen LogP contribution in [0.3, 0.4) is 0 Å². The number of carbonyl (C=O) groups is 2. The number of ether oxygens (including phenoxy) is 3. The fourth-order valence-corrected chi connectivity index (χ4v) is 0.786. The molecule has 0 fully saturated rings. The molecule has 0 aliphatic rings. The van der Waals surface area contributed by atoms with Crippen LogP contribution in [0.1, 0.15) is 0 Å². The molecule has 0 saturated heterocycles. The summed E-state index contributed by atoms with van der Waals surface area (Å²) < 4.78 is 14.1. The standard InChI is InChI=1S/C11H17NO6/c1-3-9(13)16-6-5-12-11(15)18-8-7-17-10(14)4-2/h3-4,10,14H,1-2,5-8H2,(H,12,15). The maximum absolute atomic E-state index is 11.0. The van der Waals surface area contributed by atoms with Crippen molar-refractivity contribution in [3.05, 3.63) is 25.3 Å². The van der Waals surface area contributed by atoms with Gasteiger partial charge in [-0.3, -0.25) is 0 Å². The largest absolute Gasteiger partial charge is 0.461 e. The Bertz CT molecular complexity index is 291. The monoisotopic (exact) mass is 259 g/mol. The summed E-state index contributed by atoms with van der Waals surface area (Å²) in [6.45, 7) is 6.72. The first-order valence-electron chi connectivity index (χ1n) is 5.22. The minimum absolute atomic E-state index is 0.0107. The Morgan fingerprint density at radius 1 is 1.22 bits per heavy atom. The summed E-state index contributed by atoms with van der Waals surface area (Å²) in [7, 11) is 0. The molecule has 0 aliphatic heterocycles. The normalized spacial score (nSPS) is 11.2. The van der Waals surface area contributed by atoms with E-state index in [1.807, 2.05) is 0 Å². The third-order valence-corrected chi connectivity index (χ3v) is 1.59. The molecule has 0 heterocycles. The maximum atomic E-state index is 11.0. The summed E-state index contributed by atoms with van der Waals surface area (Å²) in [5.41, 5.74) is 0. The smallest absolute Gasteiger partial charge is 0.407 e. The molecular weight excluding hydrogens is 242 g/mol. The van der Waals surface area contributed by atoms with Gasteiger partial charge in [-0.15, -0.1) is 0 Å². The van der Waals surface area contributed by atoms with Crippen molar-refractivity contribution < 1.29 is 28.9 Å². The fourth-order valence-electron chi connectivity index (χ4n) is 0.786. The predicted octanol–water partition coefficient (Wildman–Crippen LogP) is -0.0372. The van der Waals surface area contributed by atoms with E-state index in [1.54, 1.807) is 0 Å². The highest BCUT2D eigenvalue weighted by Gasteiger charge is 2.03. The number of rotatable bonds is 9. The summed E-state index contributed by atoms with van der Waals surface area (Å²) in [5.74, 6) is -0.558. The summed E-state index contributed by atoms with van der Waals surface area (Å²) in [6, 6.07) is 0. The molecule has 0 bridgehead atoms. The zero-order valence-corrected chi connectivity index (χ0v) is 9.96. The van der Waals surface area contributed by atoms with E-state index in [-0.39, 0.29) is 26.4 Å². The molecule has 2 N–H and O–H groups in total. The second-order valence-corrected chi connectivity index (χ2v) is 2.93. The van der Waals surface area contributed by atoms with Crippen molar-refractivity contribution in [2.75, 3.05) is 26.4 Å². The first kappa shape index (κ1) is 16.1. The van der Waals surface area contributed by atoms with Crippen LogP contribution in [0.15, 0.2) is 25.3 Å². The number of hydrogen-bond acceptors (Lipinski definition) is 6. The summed E-state index contributed by atoms with van der Waals surface area (Å²) in [4.78, 5) is 21.7. The molecule has 7 nitrogen and oxygen atoms in total. The van der Waals surface area contributed by atoms with Crippen molar-refractivity contribution in [1.82, 2.24) is 5.32 Å². The molecule has 7 heteroatoms. The SMILES string of the molecule is C=CC(=O)OCCNC(=O)OCCOC(O)C=C. The Hall–Kier alpha value is -1.86. The molecule has 0 aliphatic carbocycles. The Morgan fingerprint density at radius 2 is 1.94 bits per heavy atom. The van der Waals surface area contributed by atoms with Gasteiger partial charge in [-0.2, -0.15) is 0 Å². The van der Waals surface area contributed by atoms with Gasteiger partial charge in [0.25, 0.3) is 0 Å². The minimum Gasteiger partial charge on any atom is -0.461 e. The predicted molar refractivity (Wildman–Crippen MR) is 62.7 cm³/mol. The molecule has 0 aromatic carbocycles. The highest BCUT2D eigenvalue weighted by atomic mass is 16.6. The molecule has 0 aromatic rings. The van der Waals surface area contributed by atoms with E-state index < -0.39 is 18.4 Å². The van der Waals surface area contributed by atoms with Gasteiger partial charge in [0.15, 0.2) is 6.29 Å². The van der Waals surface area contributed by atoms with Crippen LogP contribution in [0, 0.1) is 0 Å². The molecular formula is C11H17NO6. The van der Waals surface area contributed by atoms with Crippen LogP contribution in [-0.2, 0) is 19.0 Å². The molecule has 0 radical (unpaired) electrons. The van der Waals surface area contributed by atoms with Gasteiger partial charge in [0.2, 0.25) is 0 Å². The van der Waals surface area contributed by atoms with E-state index in [0.29, 0.717) is 0 Å². The van der Waals surface area contributed by atoms with Gasteiger partial charge in [-0.25, -0.2) is 9.59 Å². The van der Waals surface area contributed by atoms with Gasteiger partial charge in [0, 0.05) is 6.08 Å². The van der Waals surface area contributed by atoms with Crippen LogP contribution in [0.4, 0.5) is 4.79 Å². The highest BCUT2D eigenvalue weighted by molar-refractivity contribution is 5.81. The summed E-state index contributed by atoms with van der Waals surface area (Å²) >= 11 is 0. The van der Waals surface area contributed by atoms with Crippen molar-refractivity contribution in [3.8, 4) is 0 Å². The van der Waals surface area contributed by atoms with E-state index >= 15 is 0 Å². The molecule has 102 valence electrons. The van der Waals surface area contributed by atoms with Crippen molar-refractivity contribution in [1.29, 1.82) is 0 Å². The van der Waals surface area contributed by atoms with Crippen molar-refractivity contribution in [2.24, 2.45) is 0 Å². The number of amides is 1. The first-order chi connectivity index (χ1) is 8.60. The Labute approximate surface area is 105 Å². The third kappa shape index (κ3) is 9.37. The Morgan fingerprint density at radius 3 is 2.56 bits per heavy atom. The summed E-state index contributed by atoms with van der Waals surface area (Å²) in [5, 5.41) is 11.3. The van der Waals surface area contributed by atoms with Gasteiger partial charge in [0.05, 0.1) is 13.2 Å². The molecule has 18 heavy (non-hydrogen) atoms. The van der Waals surface area contributed by atoms with Gasteiger partial charge >= 0.3 is 12.1 Å². The van der Waals surface area contributed by atoms with Gasteiger partial charge in [-0.05, 0) is 6.08 Å². The first-order valence-corrected chi connectivity index (χ1v) is 5.22. The third-order valence-electron chi connectivity index (χ3n) is 1.59. The number of nitrogens with one attached hydrogen (secondary N) is 1. The van der Waals surface area contributed by atoms with E-state index in [1.165, 1.54) is 6.08 Å². The zero-order valence-electron chi connectivity index (χ0n) is 9.96. The number of aliphatic hydroxyl groups is 1. The molecule has 1 amide bonds. The number of esters is 1. The van der Waals surface area contributed by atoms with Crippen LogP contribution in [-0.4, -0.2) is 49.8 Å². The number of aliphatic hydroxyl groups excluding tert-OH is 1. The minimum atomic E-state index is -1.07. The summed E-state index contributed by atoms with van der Waals surface area (Å²) in [6.07, 6.45) is 0.491. The molecule has 0 saturated carbocycles. The van der Waals surface area contributed by atoms with E-state index in [4.69, 9.17) is 9.84 Å². The second-order valence-electron chi connectivity index (χ2n) is 2.93. The Kier molecular flexibility index (Phi) is 9.24. The maximum Gasteiger partial charge on any atom is 0.407 e. The van der Waals surface area contributed by atoms with Crippen molar-refractivity contribution in [3.63, 3.8) is 0 Å². The molecule has 0 spiro atoms. The topological polar surface area (TPSA) is 94.1 Å². The van der Waals surface area contributed by atoms with Gasteiger partial charge in [-0.1, -0.05) is 13.2 Å². The average molecular weight is 259 g/mol. The highest BCUT2D eigenvalue weighted by Crippen LogP contribution is 1.88. The lowest BCUT2D eigenvalue weighted by Gasteiger charge is -2.09. The van der Waals surface area contributed by atoms with Crippen LogP contribution in [0.25, 0.3) is 0 Å². The van der Waals surface area contributed by atoms with E-state index in [9.17, 15) is 9.59 Å². The second kappa shape index (κ2) is 10.3. The van der Waals surface area contributed by atoms with Crippen molar-refractivity contribution in [2.45, 2.75) is 6.29 Å². The number of carbonyl (C=O) groups excluding carboxylic acids is 2. The van der Waals surface area contributed by atoms with Crippen LogP contribution in [0.5, 0.6) is 0 Å². The van der Waals surface area contributed by atoms with Gasteiger partial charge < -0.3 is 24.6 Å². The molecule has 0 aromatic heterocycles. The van der Waals surface area contributed by atoms with Crippen LogP contribution in [0.2, 0.25) is 0 Å². The van der Waals surface area contributed by atoms with Crippen molar-refractivity contribution >= 4 is 12.1 Å². The zero-order chi connectivity index (χ0) is 13.8. The lowest BCUT2D eigenvalue weighted by atomic mass is 10.6. The fraction of sp³-hybridized carbons (Fsp3) is 0.455.